The Balaban J connectivity index is 2.69. The summed E-state index contributed by atoms with van der Waals surface area (Å²) in [5.74, 6) is -0.375. The van der Waals surface area contributed by atoms with E-state index in [1.807, 2.05) is 12.1 Å². The maximum absolute atomic E-state index is 11.7. The van der Waals surface area contributed by atoms with E-state index in [0.717, 1.165) is 29.4 Å². The second-order valence-electron chi connectivity index (χ2n) is 4.35. The molecule has 0 aliphatic heterocycles. The lowest BCUT2D eigenvalue weighted by Gasteiger charge is -2.12. The molecule has 0 aliphatic carbocycles. The van der Waals surface area contributed by atoms with Gasteiger partial charge in [0.1, 0.15) is 5.56 Å². The van der Waals surface area contributed by atoms with Gasteiger partial charge in [0.25, 0.3) is 0 Å². The number of anilines is 1. The summed E-state index contributed by atoms with van der Waals surface area (Å²) in [6.45, 7) is 2.14. The van der Waals surface area contributed by atoms with E-state index in [-0.39, 0.29) is 5.97 Å². The van der Waals surface area contributed by atoms with E-state index in [1.54, 1.807) is 13.2 Å². The van der Waals surface area contributed by atoms with Gasteiger partial charge in [-0.15, -0.1) is 0 Å². The number of carbonyl (C=O) groups is 1. The molecule has 0 aliphatic rings. The second-order valence-corrected chi connectivity index (χ2v) is 4.35. The van der Waals surface area contributed by atoms with Gasteiger partial charge in [0.15, 0.2) is 0 Å². The van der Waals surface area contributed by atoms with Crippen molar-refractivity contribution >= 4 is 22.6 Å². The number of rotatable bonds is 4. The van der Waals surface area contributed by atoms with Gasteiger partial charge in [0.2, 0.25) is 0 Å². The molecule has 1 heterocycles. The molecule has 0 fully saturated rings. The normalized spacial score (nSPS) is 10.5. The van der Waals surface area contributed by atoms with Crippen molar-refractivity contribution in [1.82, 2.24) is 4.98 Å². The Morgan fingerprint density at radius 1 is 1.42 bits per heavy atom. The van der Waals surface area contributed by atoms with Gasteiger partial charge in [0.05, 0.1) is 18.3 Å². The Morgan fingerprint density at radius 3 is 2.84 bits per heavy atom. The van der Waals surface area contributed by atoms with Crippen LogP contribution in [0.5, 0.6) is 0 Å². The summed E-state index contributed by atoms with van der Waals surface area (Å²) in [4.78, 5) is 16.2. The minimum Gasteiger partial charge on any atom is -0.465 e. The Hall–Kier alpha value is -2.10. The third-order valence-corrected chi connectivity index (χ3v) is 3.16. The molecule has 0 spiro atoms. The summed E-state index contributed by atoms with van der Waals surface area (Å²) in [7, 11) is 3.17. The number of nitrogens with one attached hydrogen (secondary N) is 1. The van der Waals surface area contributed by atoms with Gasteiger partial charge in [0, 0.05) is 18.6 Å². The van der Waals surface area contributed by atoms with Gasteiger partial charge in [-0.3, -0.25) is 4.98 Å². The fourth-order valence-corrected chi connectivity index (χ4v) is 2.29. The van der Waals surface area contributed by atoms with Crippen molar-refractivity contribution in [1.29, 1.82) is 0 Å². The van der Waals surface area contributed by atoms with Crippen molar-refractivity contribution in [3.8, 4) is 0 Å². The first kappa shape index (κ1) is 13.3. The van der Waals surface area contributed by atoms with Gasteiger partial charge in [-0.25, -0.2) is 4.79 Å². The summed E-state index contributed by atoms with van der Waals surface area (Å²) >= 11 is 0. The number of benzene rings is 1. The van der Waals surface area contributed by atoms with Crippen LogP contribution in [0, 0.1) is 0 Å². The number of para-hydroxylation sites is 1. The third kappa shape index (κ3) is 2.38. The Kier molecular flexibility index (Phi) is 4.00. The number of hydrogen-bond donors (Lipinski definition) is 1. The average molecular weight is 258 g/mol. The van der Waals surface area contributed by atoms with Crippen LogP contribution >= 0.6 is 0 Å². The van der Waals surface area contributed by atoms with Crippen molar-refractivity contribution in [2.75, 3.05) is 19.5 Å². The number of methoxy groups -OCH3 is 1. The maximum Gasteiger partial charge on any atom is 0.341 e. The number of aromatic nitrogens is 1. The molecule has 0 amide bonds. The minimum atomic E-state index is -0.375. The summed E-state index contributed by atoms with van der Waals surface area (Å²) in [6.07, 6.45) is 3.62. The van der Waals surface area contributed by atoms with E-state index in [0.29, 0.717) is 5.56 Å². The van der Waals surface area contributed by atoms with Crippen LogP contribution in [0.1, 0.15) is 29.3 Å². The third-order valence-electron chi connectivity index (χ3n) is 3.16. The molecule has 0 saturated heterocycles. The van der Waals surface area contributed by atoms with E-state index in [1.165, 1.54) is 12.7 Å². The molecule has 0 bridgehead atoms. The fourth-order valence-electron chi connectivity index (χ4n) is 2.29. The average Bonchev–Trinajstić information content (AvgIpc) is 2.45. The number of hydrogen-bond acceptors (Lipinski definition) is 4. The highest BCUT2D eigenvalue weighted by Crippen LogP contribution is 2.28. The van der Waals surface area contributed by atoms with E-state index >= 15 is 0 Å². The van der Waals surface area contributed by atoms with Crippen LogP contribution in [0.25, 0.3) is 10.9 Å². The topological polar surface area (TPSA) is 51.2 Å². The highest BCUT2D eigenvalue weighted by Gasteiger charge is 2.16. The van der Waals surface area contributed by atoms with Crippen molar-refractivity contribution in [2.24, 2.45) is 0 Å². The van der Waals surface area contributed by atoms with Crippen LogP contribution in [0.15, 0.2) is 24.4 Å². The van der Waals surface area contributed by atoms with Crippen LogP contribution in [-0.4, -0.2) is 25.1 Å². The van der Waals surface area contributed by atoms with Gasteiger partial charge in [-0.1, -0.05) is 31.5 Å². The SMILES string of the molecule is CCCc1cccc2c(NC)c(C(=O)OC)cnc12. The number of carbonyl (C=O) groups excluding carboxylic acids is 1. The minimum absolute atomic E-state index is 0.375. The lowest BCUT2D eigenvalue weighted by Crippen LogP contribution is -2.07. The zero-order valence-corrected chi connectivity index (χ0v) is 11.5. The molecule has 4 nitrogen and oxygen atoms in total. The number of pyridine rings is 1. The standard InChI is InChI=1S/C15H18N2O2/c1-4-6-10-7-5-8-11-13(10)17-9-12(14(11)16-2)15(18)19-3/h5,7-9H,4,6H2,1-3H3,(H,16,17). The molecular formula is C15H18N2O2. The monoisotopic (exact) mass is 258 g/mol. The molecule has 1 N–H and O–H groups in total. The second kappa shape index (κ2) is 5.69. The molecule has 100 valence electrons. The molecule has 0 saturated carbocycles. The van der Waals surface area contributed by atoms with Gasteiger partial charge < -0.3 is 10.1 Å². The summed E-state index contributed by atoms with van der Waals surface area (Å²) in [5.41, 5.74) is 3.38. The van der Waals surface area contributed by atoms with Crippen LogP contribution in [0.2, 0.25) is 0 Å². The predicted octanol–water partition coefficient (Wildman–Crippen LogP) is 3.02. The Labute approximate surface area is 112 Å². The Morgan fingerprint density at radius 2 is 2.21 bits per heavy atom. The molecule has 0 unspecified atom stereocenters. The maximum atomic E-state index is 11.7. The van der Waals surface area contributed by atoms with Crippen LogP contribution in [-0.2, 0) is 11.2 Å². The number of fused-ring (bicyclic) bond motifs is 1. The van der Waals surface area contributed by atoms with Crippen molar-refractivity contribution in [2.45, 2.75) is 19.8 Å². The molecule has 1 aromatic heterocycles. The molecule has 19 heavy (non-hydrogen) atoms. The van der Waals surface area contributed by atoms with Crippen molar-refractivity contribution < 1.29 is 9.53 Å². The van der Waals surface area contributed by atoms with Crippen LogP contribution in [0.4, 0.5) is 5.69 Å². The smallest absolute Gasteiger partial charge is 0.341 e. The lowest BCUT2D eigenvalue weighted by molar-refractivity contribution is 0.0601. The quantitative estimate of drug-likeness (QED) is 0.856. The molecule has 1 aromatic carbocycles. The first-order valence-electron chi connectivity index (χ1n) is 6.39. The van der Waals surface area contributed by atoms with Crippen molar-refractivity contribution in [3.63, 3.8) is 0 Å². The molecule has 2 aromatic rings. The summed E-state index contributed by atoms with van der Waals surface area (Å²) in [5, 5.41) is 4.04. The van der Waals surface area contributed by atoms with E-state index in [2.05, 4.69) is 23.3 Å². The summed E-state index contributed by atoms with van der Waals surface area (Å²) < 4.78 is 4.79. The Bertz CT molecular complexity index is 608. The molecule has 4 heteroatoms. The first-order valence-corrected chi connectivity index (χ1v) is 6.39. The van der Waals surface area contributed by atoms with Gasteiger partial charge >= 0.3 is 5.97 Å². The molecule has 0 radical (unpaired) electrons. The number of aryl methyl sites for hydroxylation is 1. The lowest BCUT2D eigenvalue weighted by atomic mass is 10.0. The van der Waals surface area contributed by atoms with E-state index < -0.39 is 0 Å². The molecular weight excluding hydrogens is 240 g/mol. The van der Waals surface area contributed by atoms with Gasteiger partial charge in [-0.05, 0) is 12.0 Å². The highest BCUT2D eigenvalue weighted by atomic mass is 16.5. The number of esters is 1. The van der Waals surface area contributed by atoms with Crippen LogP contribution in [0.3, 0.4) is 0 Å². The summed E-state index contributed by atoms with van der Waals surface area (Å²) in [6, 6.07) is 6.05. The van der Waals surface area contributed by atoms with Crippen LogP contribution < -0.4 is 5.32 Å². The van der Waals surface area contributed by atoms with E-state index in [9.17, 15) is 4.79 Å². The fraction of sp³-hybridized carbons (Fsp3) is 0.333. The largest absolute Gasteiger partial charge is 0.465 e. The highest BCUT2D eigenvalue weighted by molar-refractivity contribution is 6.05. The van der Waals surface area contributed by atoms with E-state index in [4.69, 9.17) is 4.74 Å². The van der Waals surface area contributed by atoms with Gasteiger partial charge in [-0.2, -0.15) is 0 Å². The number of ether oxygens (including phenoxy) is 1. The zero-order valence-electron chi connectivity index (χ0n) is 11.5. The zero-order chi connectivity index (χ0) is 13.8. The first-order chi connectivity index (χ1) is 9.22. The molecule has 2 rings (SSSR count). The predicted molar refractivity (Wildman–Crippen MR) is 76.6 cm³/mol. The van der Waals surface area contributed by atoms with Crippen molar-refractivity contribution in [3.05, 3.63) is 35.5 Å². The number of nitrogens with zero attached hydrogens (tertiary/aromatic N) is 1. The molecule has 0 atom stereocenters.